The monoisotopic (exact) mass is 651 g/mol. The predicted octanol–water partition coefficient (Wildman–Crippen LogP) is -2.19. The van der Waals surface area contributed by atoms with Crippen LogP contribution < -0.4 is 72.6 Å². The van der Waals surface area contributed by atoms with Gasteiger partial charge in [-0.3, -0.25) is 14.3 Å². The molecule has 4 aromatic carbocycles. The van der Waals surface area contributed by atoms with Gasteiger partial charge in [0.1, 0.15) is 0 Å². The summed E-state index contributed by atoms with van der Waals surface area (Å²) in [6.07, 6.45) is 0. The Kier molecular flexibility index (Phi) is 12.5. The van der Waals surface area contributed by atoms with Crippen LogP contribution in [0.1, 0.15) is 6.92 Å². The second-order valence-electron chi connectivity index (χ2n) is 8.06. The third kappa shape index (κ3) is 8.93. The minimum Gasteiger partial charge on any atom is -0.860 e. The van der Waals surface area contributed by atoms with Crippen LogP contribution in [0.25, 0.3) is 21.5 Å². The standard InChI is InChI=1S/C24H18ClN3O10S2.2Na/c1-13(29)21(24(30)26-15-6-3-2-4-7-15)28-27-19-9-5-8-17-20(19)23(38-40(34,35)36)18-12-14(25)10-11-16(18)22(17)37-39(31,32)33;;/h2-12,21H,1H3,(H,26,30)(H,31,32,33)(H,34,35,36);;/q;2*+1/p-2. The van der Waals surface area contributed by atoms with Crippen molar-refractivity contribution in [1.29, 1.82) is 0 Å². The van der Waals surface area contributed by atoms with E-state index in [9.17, 15) is 35.8 Å². The van der Waals surface area contributed by atoms with E-state index in [-0.39, 0.29) is 97.1 Å². The molecule has 0 spiro atoms. The van der Waals surface area contributed by atoms with Crippen molar-refractivity contribution in [3.63, 3.8) is 0 Å². The zero-order valence-corrected chi connectivity index (χ0v) is 28.5. The number of ketones is 1. The van der Waals surface area contributed by atoms with Crippen LogP contribution in [0.2, 0.25) is 5.02 Å². The topological polar surface area (TPSA) is 207 Å². The Morgan fingerprint density at radius 1 is 0.905 bits per heavy atom. The molecule has 13 nitrogen and oxygen atoms in total. The number of nitrogens with zero attached hydrogens (tertiary/aromatic N) is 3. The van der Waals surface area contributed by atoms with Crippen LogP contribution in [-0.2, 0) is 25.6 Å². The molecule has 1 N–H and O–H groups in total. The first-order valence-electron chi connectivity index (χ1n) is 11.0. The molecule has 208 valence electrons. The number of aliphatic imine (C=N–C) groups is 1. The summed E-state index contributed by atoms with van der Waals surface area (Å²) in [4.78, 5) is 16.1. The van der Waals surface area contributed by atoms with Gasteiger partial charge in [-0.25, -0.2) is 8.42 Å². The van der Waals surface area contributed by atoms with Crippen molar-refractivity contribution in [2.24, 2.45) is 15.2 Å². The smallest absolute Gasteiger partial charge is 0.860 e. The maximum absolute atomic E-state index is 12.7. The van der Waals surface area contributed by atoms with E-state index < -0.39 is 50.0 Å². The Balaban J connectivity index is 0.00000308. The minimum absolute atomic E-state index is 0. The maximum atomic E-state index is 12.7. The van der Waals surface area contributed by atoms with E-state index in [0.717, 1.165) is 13.0 Å². The molecule has 0 aromatic heterocycles. The largest absolute Gasteiger partial charge is 1.00 e. The summed E-state index contributed by atoms with van der Waals surface area (Å²) in [5.41, 5.74) is -0.00292. The van der Waals surface area contributed by atoms with Crippen molar-refractivity contribution in [2.75, 3.05) is 0 Å². The fourth-order valence-electron chi connectivity index (χ4n) is 3.73. The molecule has 0 saturated carbocycles. The van der Waals surface area contributed by atoms with Crippen LogP contribution in [0.3, 0.4) is 0 Å². The zero-order chi connectivity index (χ0) is 29.2. The van der Waals surface area contributed by atoms with E-state index in [2.05, 4.69) is 19.4 Å². The van der Waals surface area contributed by atoms with Gasteiger partial charge in [0.2, 0.25) is 0 Å². The molecule has 0 aliphatic carbocycles. The van der Waals surface area contributed by atoms with E-state index in [1.54, 1.807) is 18.2 Å². The van der Waals surface area contributed by atoms with Gasteiger partial charge in [-0.15, -0.1) is 0 Å². The van der Waals surface area contributed by atoms with E-state index in [1.165, 1.54) is 42.5 Å². The van der Waals surface area contributed by atoms with Crippen LogP contribution in [-0.4, -0.2) is 43.7 Å². The summed E-state index contributed by atoms with van der Waals surface area (Å²) < 4.78 is 77.3. The first kappa shape index (κ1) is 36.0. The number of carbonyl (C=O) groups is 1. The number of azo groups is 1. The molecule has 4 aromatic rings. The van der Waals surface area contributed by atoms with Crippen molar-refractivity contribution < 1.29 is 103 Å². The van der Waals surface area contributed by atoms with E-state index in [0.29, 0.717) is 0 Å². The average Bonchev–Trinajstić information content (AvgIpc) is 2.85. The second-order valence-corrected chi connectivity index (χ2v) is 10.5. The van der Waals surface area contributed by atoms with Gasteiger partial charge in [-0.1, -0.05) is 41.9 Å². The van der Waals surface area contributed by atoms with E-state index in [1.807, 2.05) is 0 Å². The number of para-hydroxylation sites is 1. The number of hydrogen-bond acceptors (Lipinski definition) is 12. The Hall–Kier alpha value is -2.15. The normalized spacial score (nSPS) is 12.9. The second kappa shape index (κ2) is 14.5. The molecule has 0 radical (unpaired) electrons. The number of carbonyl (C=O) groups excluding carboxylic acids is 1. The Bertz CT molecular complexity index is 1920. The summed E-state index contributed by atoms with van der Waals surface area (Å²) >= 11 is 6.06. The van der Waals surface area contributed by atoms with Crippen LogP contribution in [0.15, 0.2) is 82.0 Å². The average molecular weight is 652 g/mol. The Morgan fingerprint density at radius 3 is 2.17 bits per heavy atom. The fraction of sp³-hybridized carbons (Fsp3) is 0.0833. The van der Waals surface area contributed by atoms with Crippen LogP contribution in [0.5, 0.6) is 11.5 Å². The van der Waals surface area contributed by atoms with Crippen molar-refractivity contribution >= 4 is 77.0 Å². The van der Waals surface area contributed by atoms with Crippen molar-refractivity contribution in [1.82, 2.24) is 0 Å². The van der Waals surface area contributed by atoms with Gasteiger partial charge in [0.05, 0.1) is 16.8 Å². The SMILES string of the molecule is CC(=O)C(N=Nc1cccc2c(OS(=O)(=O)[O-])c3ccc(Cl)cc3c(OS(=O)(=O)O)c12)C([O-])=Nc1ccccc1.[Na+].[Na+]. The first-order chi connectivity index (χ1) is 18.7. The number of hydrogen-bond donors (Lipinski definition) is 1. The summed E-state index contributed by atoms with van der Waals surface area (Å²) in [7, 11) is -10.5. The van der Waals surface area contributed by atoms with E-state index in [4.69, 9.17) is 15.8 Å². The van der Waals surface area contributed by atoms with Gasteiger partial charge in [0.15, 0.2) is 23.3 Å². The van der Waals surface area contributed by atoms with Gasteiger partial charge < -0.3 is 18.0 Å². The summed E-state index contributed by atoms with van der Waals surface area (Å²) in [6.45, 7) is 1.08. The van der Waals surface area contributed by atoms with Crippen LogP contribution in [0, 0.1) is 0 Å². The van der Waals surface area contributed by atoms with Gasteiger partial charge in [0.25, 0.3) is 10.4 Å². The molecule has 0 aliphatic heterocycles. The molecule has 0 saturated heterocycles. The summed E-state index contributed by atoms with van der Waals surface area (Å²) in [5, 5.41) is 19.6. The Morgan fingerprint density at radius 2 is 1.57 bits per heavy atom. The third-order valence-corrected chi connectivity index (χ3v) is 6.24. The van der Waals surface area contributed by atoms with Gasteiger partial charge in [-0.2, -0.15) is 18.6 Å². The molecule has 0 amide bonds. The van der Waals surface area contributed by atoms with E-state index >= 15 is 0 Å². The quantitative estimate of drug-likeness (QED) is 0.0393. The van der Waals surface area contributed by atoms with Crippen LogP contribution >= 0.6 is 11.6 Å². The fourth-order valence-corrected chi connectivity index (χ4v) is 4.67. The number of rotatable bonds is 9. The number of halogens is 1. The minimum atomic E-state index is -5.36. The number of fused-ring (bicyclic) bond motifs is 2. The van der Waals surface area contributed by atoms with Gasteiger partial charge >= 0.3 is 69.5 Å². The van der Waals surface area contributed by atoms with Gasteiger partial charge in [-0.05, 0) is 49.2 Å². The third-order valence-electron chi connectivity index (χ3n) is 5.25. The zero-order valence-electron chi connectivity index (χ0n) is 22.1. The molecule has 0 heterocycles. The summed E-state index contributed by atoms with van der Waals surface area (Å²) in [6, 6.07) is 13.8. The molecule has 4 rings (SSSR count). The van der Waals surface area contributed by atoms with Crippen LogP contribution in [0.4, 0.5) is 11.4 Å². The maximum Gasteiger partial charge on any atom is 1.00 e. The number of Topliss-reactive ketones (excluding diaryl/α,β-unsaturated/α-hetero) is 1. The molecule has 0 bridgehead atoms. The predicted molar refractivity (Wildman–Crippen MR) is 141 cm³/mol. The molecule has 1 atom stereocenters. The molecule has 1 unspecified atom stereocenters. The molecule has 42 heavy (non-hydrogen) atoms. The van der Waals surface area contributed by atoms with Gasteiger partial charge in [0, 0.05) is 21.2 Å². The van der Waals surface area contributed by atoms with Crippen molar-refractivity contribution in [2.45, 2.75) is 13.0 Å². The number of benzene rings is 4. The van der Waals surface area contributed by atoms with Crippen molar-refractivity contribution in [3.8, 4) is 11.5 Å². The molecule has 0 fully saturated rings. The Labute approximate surface area is 289 Å². The molecule has 0 aliphatic rings. The van der Waals surface area contributed by atoms with Crippen molar-refractivity contribution in [3.05, 3.63) is 71.8 Å². The molecule has 18 heteroatoms. The molecular weight excluding hydrogens is 636 g/mol. The summed E-state index contributed by atoms with van der Waals surface area (Å²) in [5.74, 6) is -2.79. The molecular formula is C24H16ClN3Na2O10S2. The first-order valence-corrected chi connectivity index (χ1v) is 14.0.